The van der Waals surface area contributed by atoms with E-state index >= 15 is 0 Å². The largest absolute Gasteiger partial charge is 0.461 e. The Balaban J connectivity index is 2.83. The van der Waals surface area contributed by atoms with Gasteiger partial charge in [0.1, 0.15) is 5.82 Å². The Morgan fingerprint density at radius 1 is 1.50 bits per heavy atom. The maximum absolute atomic E-state index is 13.2. The second-order valence-electron chi connectivity index (χ2n) is 3.07. The van der Waals surface area contributed by atoms with Crippen molar-refractivity contribution in [3.05, 3.63) is 29.8 Å². The van der Waals surface area contributed by atoms with Crippen LogP contribution in [0.2, 0.25) is 0 Å². The lowest BCUT2D eigenvalue weighted by Crippen LogP contribution is -2.20. The molecule has 0 saturated carbocycles. The first-order chi connectivity index (χ1) is 8.58. The molecule has 0 saturated heterocycles. The first-order valence-corrected chi connectivity index (χ1v) is 4.99. The van der Waals surface area contributed by atoms with Crippen molar-refractivity contribution in [3.63, 3.8) is 0 Å². The van der Waals surface area contributed by atoms with Crippen molar-refractivity contribution >= 4 is 23.7 Å². The quantitative estimate of drug-likeness (QED) is 0.285. The van der Waals surface area contributed by atoms with Crippen molar-refractivity contribution in [3.8, 4) is 0 Å². The van der Waals surface area contributed by atoms with Crippen molar-refractivity contribution in [2.24, 2.45) is 5.10 Å². The molecular formula is C11H10F2N2O3. The lowest BCUT2D eigenvalue weighted by atomic mass is 10.3. The molecule has 0 fully saturated rings. The fraction of sp³-hybridized carbons (Fsp3) is 0.182. The number of carbonyl (C=O) groups is 2. The highest BCUT2D eigenvalue weighted by Crippen LogP contribution is 2.14. The van der Waals surface area contributed by atoms with E-state index in [9.17, 15) is 18.4 Å². The molecule has 7 heteroatoms. The summed E-state index contributed by atoms with van der Waals surface area (Å²) >= 11 is 0. The fourth-order valence-electron chi connectivity index (χ4n) is 1.03. The van der Waals surface area contributed by atoms with Gasteiger partial charge in [-0.25, -0.2) is 13.6 Å². The molecule has 0 aliphatic rings. The zero-order chi connectivity index (χ0) is 13.5. The molecule has 0 aliphatic carbocycles. The summed E-state index contributed by atoms with van der Waals surface area (Å²) in [5.41, 5.74) is 1.44. The molecule has 0 aromatic heterocycles. The molecule has 1 N–H and O–H groups in total. The van der Waals surface area contributed by atoms with Crippen LogP contribution in [0.4, 0.5) is 14.5 Å². The van der Waals surface area contributed by atoms with E-state index in [1.165, 1.54) is 0 Å². The topological polar surface area (TPSA) is 67.8 Å². The molecule has 5 nitrogen and oxygen atoms in total. The fourth-order valence-corrected chi connectivity index (χ4v) is 1.03. The Labute approximate surface area is 101 Å². The summed E-state index contributed by atoms with van der Waals surface area (Å²) in [5.74, 6) is -2.57. The summed E-state index contributed by atoms with van der Waals surface area (Å²) in [4.78, 5) is 21.7. The van der Waals surface area contributed by atoms with Crippen LogP contribution in [0.3, 0.4) is 0 Å². The van der Waals surface area contributed by atoms with Crippen molar-refractivity contribution in [2.75, 3.05) is 12.0 Å². The normalized spacial score (nSPS) is 10.9. The average molecular weight is 256 g/mol. The van der Waals surface area contributed by atoms with E-state index in [4.69, 9.17) is 0 Å². The van der Waals surface area contributed by atoms with Crippen molar-refractivity contribution in [1.82, 2.24) is 0 Å². The number of hydrazone groups is 1. The summed E-state index contributed by atoms with van der Waals surface area (Å²) in [6.45, 7) is 1.64. The van der Waals surface area contributed by atoms with Crippen LogP contribution in [0.15, 0.2) is 23.3 Å². The van der Waals surface area contributed by atoms with Crippen LogP contribution in [-0.4, -0.2) is 24.6 Å². The number of rotatable bonds is 5. The summed E-state index contributed by atoms with van der Waals surface area (Å²) in [5, 5.41) is 3.38. The highest BCUT2D eigenvalue weighted by molar-refractivity contribution is 6.58. The third-order valence-electron chi connectivity index (χ3n) is 1.82. The van der Waals surface area contributed by atoms with E-state index in [-0.39, 0.29) is 18.6 Å². The number of benzene rings is 1. The van der Waals surface area contributed by atoms with Gasteiger partial charge in [-0.3, -0.25) is 10.2 Å². The second-order valence-corrected chi connectivity index (χ2v) is 3.07. The maximum Gasteiger partial charge on any atom is 0.362 e. The van der Waals surface area contributed by atoms with Gasteiger partial charge in [-0.2, -0.15) is 5.10 Å². The van der Waals surface area contributed by atoms with E-state index in [2.05, 4.69) is 15.3 Å². The van der Waals surface area contributed by atoms with Crippen LogP contribution in [-0.2, 0) is 14.3 Å². The van der Waals surface area contributed by atoms with E-state index < -0.39 is 23.3 Å². The highest BCUT2D eigenvalue weighted by Gasteiger charge is 2.12. The minimum Gasteiger partial charge on any atom is -0.461 e. The standard InChI is InChI=1S/C11H10F2N2O3/c1-2-18-11(17)10(6-16)15-14-9-4-3-7(12)5-8(9)13/h3-6,14H,2H2,1H3. The number of nitrogens with one attached hydrogen (secondary N) is 1. The third-order valence-corrected chi connectivity index (χ3v) is 1.82. The molecule has 1 aromatic rings. The zero-order valence-electron chi connectivity index (χ0n) is 9.44. The minimum absolute atomic E-state index is 0.0800. The Hall–Kier alpha value is -2.31. The molecule has 18 heavy (non-hydrogen) atoms. The molecule has 0 aliphatic heterocycles. The number of ether oxygens (including phenoxy) is 1. The molecule has 0 unspecified atom stereocenters. The Kier molecular flexibility index (Phi) is 4.91. The Morgan fingerprint density at radius 3 is 2.78 bits per heavy atom. The molecule has 0 atom stereocenters. The van der Waals surface area contributed by atoms with Gasteiger partial charge in [-0.15, -0.1) is 0 Å². The van der Waals surface area contributed by atoms with Gasteiger partial charge in [-0.05, 0) is 19.1 Å². The van der Waals surface area contributed by atoms with Gasteiger partial charge in [0.2, 0.25) is 5.71 Å². The van der Waals surface area contributed by atoms with Crippen LogP contribution in [0.1, 0.15) is 6.92 Å². The smallest absolute Gasteiger partial charge is 0.362 e. The van der Waals surface area contributed by atoms with Crippen LogP contribution in [0.5, 0.6) is 0 Å². The summed E-state index contributed by atoms with van der Waals surface area (Å²) in [6.07, 6.45) is 0.173. The molecule has 0 heterocycles. The number of nitrogens with zero attached hydrogens (tertiary/aromatic N) is 1. The van der Waals surface area contributed by atoms with Gasteiger partial charge in [0, 0.05) is 6.07 Å². The second kappa shape index (κ2) is 6.43. The molecule has 0 spiro atoms. The van der Waals surface area contributed by atoms with Crippen LogP contribution in [0, 0.1) is 11.6 Å². The van der Waals surface area contributed by atoms with Crippen molar-refractivity contribution in [1.29, 1.82) is 0 Å². The van der Waals surface area contributed by atoms with Gasteiger partial charge in [0.25, 0.3) is 0 Å². The van der Waals surface area contributed by atoms with Crippen molar-refractivity contribution in [2.45, 2.75) is 6.92 Å². The molecule has 0 bridgehead atoms. The van der Waals surface area contributed by atoms with Gasteiger partial charge in [-0.1, -0.05) is 0 Å². The van der Waals surface area contributed by atoms with Gasteiger partial charge in [0.05, 0.1) is 12.3 Å². The highest BCUT2D eigenvalue weighted by atomic mass is 19.1. The minimum atomic E-state index is -0.928. The lowest BCUT2D eigenvalue weighted by Gasteiger charge is -2.03. The first-order valence-electron chi connectivity index (χ1n) is 4.99. The SMILES string of the molecule is CCOC(=O)C(C=O)=NNc1ccc(F)cc1F. The molecule has 0 amide bonds. The number of hydrogen-bond donors (Lipinski definition) is 1. The predicted octanol–water partition coefficient (Wildman–Crippen LogP) is 1.49. The predicted molar refractivity (Wildman–Crippen MR) is 60.1 cm³/mol. The van der Waals surface area contributed by atoms with Gasteiger partial charge >= 0.3 is 5.97 Å². The van der Waals surface area contributed by atoms with Crippen molar-refractivity contribution < 1.29 is 23.1 Å². The maximum atomic E-state index is 13.2. The molecule has 96 valence electrons. The summed E-state index contributed by atoms with van der Waals surface area (Å²) < 4.78 is 30.3. The number of carbonyl (C=O) groups excluding carboxylic acids is 2. The lowest BCUT2D eigenvalue weighted by molar-refractivity contribution is -0.135. The van der Waals surface area contributed by atoms with Gasteiger partial charge in [0.15, 0.2) is 12.1 Å². The van der Waals surface area contributed by atoms with E-state index in [1.54, 1.807) is 6.92 Å². The van der Waals surface area contributed by atoms with E-state index in [0.29, 0.717) is 6.07 Å². The molecular weight excluding hydrogens is 246 g/mol. The van der Waals surface area contributed by atoms with Gasteiger partial charge < -0.3 is 4.74 Å². The van der Waals surface area contributed by atoms with E-state index in [0.717, 1.165) is 12.1 Å². The number of hydrogen-bond acceptors (Lipinski definition) is 5. The third kappa shape index (κ3) is 3.62. The van der Waals surface area contributed by atoms with Crippen LogP contribution in [0.25, 0.3) is 0 Å². The Morgan fingerprint density at radius 2 is 2.22 bits per heavy atom. The molecule has 0 radical (unpaired) electrons. The number of anilines is 1. The number of aldehydes is 1. The molecule has 1 rings (SSSR count). The number of halogens is 2. The first kappa shape index (κ1) is 13.8. The van der Waals surface area contributed by atoms with E-state index in [1.807, 2.05) is 0 Å². The van der Waals surface area contributed by atoms with Crippen LogP contribution >= 0.6 is 0 Å². The average Bonchev–Trinajstić information content (AvgIpc) is 2.32. The molecule has 1 aromatic carbocycles. The summed E-state index contributed by atoms with van der Waals surface area (Å²) in [6, 6.07) is 2.73. The zero-order valence-corrected chi connectivity index (χ0v) is 9.44. The summed E-state index contributed by atoms with van der Waals surface area (Å²) in [7, 11) is 0. The van der Waals surface area contributed by atoms with Crippen LogP contribution < -0.4 is 5.43 Å². The Bertz CT molecular complexity index is 489. The monoisotopic (exact) mass is 256 g/mol. The number of esters is 1.